The Morgan fingerprint density at radius 1 is 1.44 bits per heavy atom. The Labute approximate surface area is 115 Å². The number of rotatable bonds is 3. The zero-order chi connectivity index (χ0) is 12.5. The molecule has 0 aromatic heterocycles. The molecule has 100 valence electrons. The average molecular weight is 269 g/mol. The number of carbonyl (C=O) groups excluding carboxylic acids is 1. The molecule has 18 heavy (non-hydrogen) atoms. The number of nitrogens with two attached hydrogens (primary N) is 1. The molecule has 2 rings (SSSR count). The summed E-state index contributed by atoms with van der Waals surface area (Å²) in [6.45, 7) is 4.07. The van der Waals surface area contributed by atoms with E-state index >= 15 is 0 Å². The van der Waals surface area contributed by atoms with Crippen LogP contribution < -0.4 is 11.1 Å². The number of amides is 1. The Balaban J connectivity index is 0.00000162. The van der Waals surface area contributed by atoms with Crippen LogP contribution in [0.2, 0.25) is 0 Å². The highest BCUT2D eigenvalue weighted by Crippen LogP contribution is 2.35. The molecule has 1 fully saturated rings. The van der Waals surface area contributed by atoms with E-state index in [1.54, 1.807) is 6.07 Å². The summed E-state index contributed by atoms with van der Waals surface area (Å²) in [7, 11) is 0. The van der Waals surface area contributed by atoms with Gasteiger partial charge in [0.15, 0.2) is 0 Å². The standard InChI is InChI=1S/C14H20N2O.ClH/c1-3-14(7-4-8-14)16-13(17)12-9-11(15)6-5-10(12)2;/h5-6,9H,3-4,7-8,15H2,1-2H3,(H,16,17);1H. The van der Waals surface area contributed by atoms with Crippen molar-refractivity contribution in [2.75, 3.05) is 5.73 Å². The zero-order valence-corrected chi connectivity index (χ0v) is 11.8. The molecule has 1 aliphatic rings. The number of carbonyl (C=O) groups is 1. The highest BCUT2D eigenvalue weighted by molar-refractivity contribution is 5.97. The minimum atomic E-state index is 0. The number of benzene rings is 1. The molecule has 0 heterocycles. The quantitative estimate of drug-likeness (QED) is 0.828. The van der Waals surface area contributed by atoms with E-state index in [-0.39, 0.29) is 23.9 Å². The van der Waals surface area contributed by atoms with Gasteiger partial charge in [0.25, 0.3) is 5.91 Å². The number of aryl methyl sites for hydroxylation is 1. The lowest BCUT2D eigenvalue weighted by atomic mass is 9.74. The summed E-state index contributed by atoms with van der Waals surface area (Å²) in [5.41, 5.74) is 8.08. The number of nitrogens with one attached hydrogen (secondary N) is 1. The Morgan fingerprint density at radius 3 is 2.61 bits per heavy atom. The lowest BCUT2D eigenvalue weighted by Crippen LogP contribution is -2.53. The molecule has 0 atom stereocenters. The molecule has 4 heteroatoms. The normalized spacial score (nSPS) is 16.3. The van der Waals surface area contributed by atoms with E-state index in [9.17, 15) is 4.79 Å². The smallest absolute Gasteiger partial charge is 0.252 e. The first-order valence-corrected chi connectivity index (χ1v) is 6.25. The summed E-state index contributed by atoms with van der Waals surface area (Å²) in [6, 6.07) is 5.47. The van der Waals surface area contributed by atoms with Crippen LogP contribution in [0.15, 0.2) is 18.2 Å². The van der Waals surface area contributed by atoms with Crippen LogP contribution in [0.4, 0.5) is 5.69 Å². The van der Waals surface area contributed by atoms with Crippen molar-refractivity contribution in [3.8, 4) is 0 Å². The minimum absolute atomic E-state index is 0. The molecule has 3 nitrogen and oxygen atoms in total. The lowest BCUT2D eigenvalue weighted by molar-refractivity contribution is 0.0820. The zero-order valence-electron chi connectivity index (χ0n) is 11.0. The van der Waals surface area contributed by atoms with Gasteiger partial charge in [0.1, 0.15) is 0 Å². The van der Waals surface area contributed by atoms with E-state index in [2.05, 4.69) is 12.2 Å². The molecule has 1 aromatic carbocycles. The molecule has 3 N–H and O–H groups in total. The predicted octanol–water partition coefficient (Wildman–Crippen LogP) is 3.06. The van der Waals surface area contributed by atoms with Gasteiger partial charge in [-0.05, 0) is 50.3 Å². The molecule has 1 saturated carbocycles. The van der Waals surface area contributed by atoms with Crippen LogP contribution in [0, 0.1) is 6.92 Å². The average Bonchev–Trinajstić information content (AvgIpc) is 2.26. The predicted molar refractivity (Wildman–Crippen MR) is 77.2 cm³/mol. The largest absolute Gasteiger partial charge is 0.399 e. The van der Waals surface area contributed by atoms with Crippen LogP contribution in [0.3, 0.4) is 0 Å². The van der Waals surface area contributed by atoms with Crippen LogP contribution in [0.5, 0.6) is 0 Å². The summed E-state index contributed by atoms with van der Waals surface area (Å²) in [4.78, 5) is 12.2. The van der Waals surface area contributed by atoms with Gasteiger partial charge in [-0.25, -0.2) is 0 Å². The Morgan fingerprint density at radius 2 is 2.11 bits per heavy atom. The number of halogens is 1. The van der Waals surface area contributed by atoms with Gasteiger partial charge in [0.2, 0.25) is 0 Å². The van der Waals surface area contributed by atoms with Crippen molar-refractivity contribution >= 4 is 24.0 Å². The highest BCUT2D eigenvalue weighted by atomic mass is 35.5. The first-order chi connectivity index (χ1) is 8.06. The Hall–Kier alpha value is -1.22. The summed E-state index contributed by atoms with van der Waals surface area (Å²) >= 11 is 0. The van der Waals surface area contributed by atoms with Gasteiger partial charge in [-0.2, -0.15) is 0 Å². The van der Waals surface area contributed by atoms with Crippen LogP contribution >= 0.6 is 12.4 Å². The fourth-order valence-electron chi connectivity index (χ4n) is 2.36. The summed E-state index contributed by atoms with van der Waals surface area (Å²) < 4.78 is 0. The van der Waals surface area contributed by atoms with Crippen molar-refractivity contribution in [3.05, 3.63) is 29.3 Å². The van der Waals surface area contributed by atoms with E-state index in [1.807, 2.05) is 19.1 Å². The molecule has 0 saturated heterocycles. The van der Waals surface area contributed by atoms with E-state index in [4.69, 9.17) is 5.73 Å². The number of hydrogen-bond acceptors (Lipinski definition) is 2. The number of anilines is 1. The third-order valence-electron chi connectivity index (χ3n) is 3.87. The first-order valence-electron chi connectivity index (χ1n) is 6.25. The Kier molecular flexibility index (Phi) is 4.63. The maximum atomic E-state index is 12.2. The molecular weight excluding hydrogens is 248 g/mol. The van der Waals surface area contributed by atoms with E-state index in [1.165, 1.54) is 6.42 Å². The second-order valence-corrected chi connectivity index (χ2v) is 5.02. The van der Waals surface area contributed by atoms with Crippen molar-refractivity contribution in [1.82, 2.24) is 5.32 Å². The minimum Gasteiger partial charge on any atom is -0.399 e. The van der Waals surface area contributed by atoms with Crippen molar-refractivity contribution in [2.24, 2.45) is 0 Å². The third kappa shape index (κ3) is 2.78. The summed E-state index contributed by atoms with van der Waals surface area (Å²) in [5, 5.41) is 3.17. The van der Waals surface area contributed by atoms with Crippen molar-refractivity contribution < 1.29 is 4.79 Å². The number of hydrogen-bond donors (Lipinski definition) is 2. The Bertz CT molecular complexity index is 436. The second-order valence-electron chi connectivity index (χ2n) is 5.02. The van der Waals surface area contributed by atoms with Crippen LogP contribution in [-0.4, -0.2) is 11.4 Å². The maximum Gasteiger partial charge on any atom is 0.252 e. The SMILES string of the molecule is CCC1(NC(=O)c2cc(N)ccc2C)CCC1.Cl. The van der Waals surface area contributed by atoms with Gasteiger partial charge in [-0.15, -0.1) is 12.4 Å². The molecule has 1 aliphatic carbocycles. The highest BCUT2D eigenvalue weighted by Gasteiger charge is 2.36. The van der Waals surface area contributed by atoms with Crippen molar-refractivity contribution in [2.45, 2.75) is 45.1 Å². The van der Waals surface area contributed by atoms with Crippen molar-refractivity contribution in [1.29, 1.82) is 0 Å². The summed E-state index contributed by atoms with van der Waals surface area (Å²) in [5.74, 6) is 0.0105. The van der Waals surface area contributed by atoms with Crippen LogP contribution in [0.1, 0.15) is 48.5 Å². The van der Waals surface area contributed by atoms with E-state index < -0.39 is 0 Å². The molecule has 0 aliphatic heterocycles. The molecule has 0 bridgehead atoms. The molecule has 0 radical (unpaired) electrons. The molecule has 1 aromatic rings. The van der Waals surface area contributed by atoms with Crippen LogP contribution in [0.25, 0.3) is 0 Å². The molecular formula is C14H21ClN2O. The van der Waals surface area contributed by atoms with Gasteiger partial charge in [0, 0.05) is 16.8 Å². The van der Waals surface area contributed by atoms with Gasteiger partial charge in [0.05, 0.1) is 0 Å². The molecule has 0 unspecified atom stereocenters. The molecule has 1 amide bonds. The van der Waals surface area contributed by atoms with Gasteiger partial charge >= 0.3 is 0 Å². The molecule has 0 spiro atoms. The van der Waals surface area contributed by atoms with E-state index in [0.717, 1.165) is 24.8 Å². The van der Waals surface area contributed by atoms with Gasteiger partial charge < -0.3 is 11.1 Å². The van der Waals surface area contributed by atoms with Crippen molar-refractivity contribution in [3.63, 3.8) is 0 Å². The summed E-state index contributed by atoms with van der Waals surface area (Å²) in [6.07, 6.45) is 4.40. The second kappa shape index (κ2) is 5.61. The van der Waals surface area contributed by atoms with Crippen LogP contribution in [-0.2, 0) is 0 Å². The maximum absolute atomic E-state index is 12.2. The lowest BCUT2D eigenvalue weighted by Gasteiger charge is -2.42. The van der Waals surface area contributed by atoms with Gasteiger partial charge in [-0.1, -0.05) is 13.0 Å². The topological polar surface area (TPSA) is 55.1 Å². The first kappa shape index (κ1) is 14.8. The third-order valence-corrected chi connectivity index (χ3v) is 3.87. The number of nitrogen functional groups attached to an aromatic ring is 1. The fraction of sp³-hybridized carbons (Fsp3) is 0.500. The fourth-order valence-corrected chi connectivity index (χ4v) is 2.36. The van der Waals surface area contributed by atoms with Gasteiger partial charge in [-0.3, -0.25) is 4.79 Å². The monoisotopic (exact) mass is 268 g/mol. The van der Waals surface area contributed by atoms with E-state index in [0.29, 0.717) is 11.3 Å².